The fourth-order valence-electron chi connectivity index (χ4n) is 11.7. The number of hydrogen-bond acceptors (Lipinski definition) is 15. The molecular weight excluding hydrogens is 1250 g/mol. The lowest BCUT2D eigenvalue weighted by molar-refractivity contribution is -0.161. The van der Waals surface area contributed by atoms with E-state index in [1.807, 2.05) is 0 Å². The highest BCUT2D eigenvalue weighted by Crippen LogP contribution is 2.45. The van der Waals surface area contributed by atoms with Gasteiger partial charge in [0.25, 0.3) is 0 Å². The second kappa shape index (κ2) is 69.2. The van der Waals surface area contributed by atoms with Crippen LogP contribution in [0.25, 0.3) is 0 Å². The summed E-state index contributed by atoms with van der Waals surface area (Å²) in [6.07, 6.45) is 58.6. The minimum Gasteiger partial charge on any atom is -0.462 e. The minimum absolute atomic E-state index is 0.105. The van der Waals surface area contributed by atoms with E-state index in [1.54, 1.807) is 0 Å². The first kappa shape index (κ1) is 93.1. The molecule has 0 aliphatic rings. The van der Waals surface area contributed by atoms with Crippen molar-refractivity contribution in [2.24, 2.45) is 5.92 Å². The largest absolute Gasteiger partial charge is 0.472 e. The maximum atomic E-state index is 13.1. The van der Waals surface area contributed by atoms with Gasteiger partial charge in [0.1, 0.15) is 19.3 Å². The van der Waals surface area contributed by atoms with Crippen molar-refractivity contribution in [1.82, 2.24) is 0 Å². The highest BCUT2D eigenvalue weighted by molar-refractivity contribution is 7.47. The van der Waals surface area contributed by atoms with Crippen LogP contribution < -0.4 is 0 Å². The molecule has 0 heterocycles. The highest BCUT2D eigenvalue weighted by atomic mass is 31.2. The van der Waals surface area contributed by atoms with Gasteiger partial charge in [-0.25, -0.2) is 9.13 Å². The Morgan fingerprint density at radius 2 is 0.484 bits per heavy atom. The first-order valence-corrected chi connectivity index (χ1v) is 42.6. The van der Waals surface area contributed by atoms with Crippen molar-refractivity contribution in [2.45, 2.75) is 419 Å². The third-order valence-electron chi connectivity index (χ3n) is 17.8. The number of esters is 4. The van der Waals surface area contributed by atoms with Crippen molar-refractivity contribution in [1.29, 1.82) is 0 Å². The van der Waals surface area contributed by atoms with Gasteiger partial charge in [0.05, 0.1) is 26.4 Å². The molecule has 0 spiro atoms. The molecule has 0 aromatic carbocycles. The van der Waals surface area contributed by atoms with Crippen LogP contribution in [0.3, 0.4) is 0 Å². The monoisotopic (exact) mass is 1400 g/mol. The van der Waals surface area contributed by atoms with Gasteiger partial charge in [-0.2, -0.15) is 0 Å². The molecule has 0 amide bonds. The van der Waals surface area contributed by atoms with Crippen molar-refractivity contribution in [3.8, 4) is 0 Å². The fourth-order valence-corrected chi connectivity index (χ4v) is 13.3. The number of rotatable bonds is 76. The van der Waals surface area contributed by atoms with Gasteiger partial charge < -0.3 is 33.8 Å². The van der Waals surface area contributed by atoms with E-state index in [4.69, 9.17) is 37.0 Å². The smallest absolute Gasteiger partial charge is 0.462 e. The van der Waals surface area contributed by atoms with Crippen LogP contribution in [-0.2, 0) is 65.4 Å². The van der Waals surface area contributed by atoms with E-state index in [2.05, 4.69) is 34.6 Å². The van der Waals surface area contributed by atoms with Gasteiger partial charge in [0, 0.05) is 25.7 Å². The van der Waals surface area contributed by atoms with Crippen molar-refractivity contribution in [3.63, 3.8) is 0 Å². The number of unbranched alkanes of at least 4 members (excludes halogenated alkanes) is 48. The van der Waals surface area contributed by atoms with Crippen LogP contribution in [0.2, 0.25) is 0 Å². The van der Waals surface area contributed by atoms with Crippen LogP contribution in [0.4, 0.5) is 0 Å². The van der Waals surface area contributed by atoms with E-state index >= 15 is 0 Å². The number of hydrogen-bond donors (Lipinski definition) is 3. The second-order valence-corrected chi connectivity index (χ2v) is 30.8. The lowest BCUT2D eigenvalue weighted by Crippen LogP contribution is -2.30. The van der Waals surface area contributed by atoms with Crippen molar-refractivity contribution in [2.75, 3.05) is 39.6 Å². The Morgan fingerprint density at radius 1 is 0.284 bits per heavy atom. The van der Waals surface area contributed by atoms with E-state index in [1.165, 1.54) is 212 Å². The number of carbonyl (C=O) groups excluding carboxylic acids is 4. The van der Waals surface area contributed by atoms with Crippen LogP contribution in [0.15, 0.2) is 0 Å². The quantitative estimate of drug-likeness (QED) is 0.0222. The molecular formula is C76H148O17P2. The van der Waals surface area contributed by atoms with E-state index in [9.17, 15) is 43.2 Å². The van der Waals surface area contributed by atoms with Crippen molar-refractivity contribution < 1.29 is 80.2 Å². The minimum atomic E-state index is -4.96. The maximum absolute atomic E-state index is 13.1. The zero-order valence-electron chi connectivity index (χ0n) is 61.8. The summed E-state index contributed by atoms with van der Waals surface area (Å²) in [6.45, 7) is 7.20. The van der Waals surface area contributed by atoms with E-state index in [-0.39, 0.29) is 25.7 Å². The van der Waals surface area contributed by atoms with Crippen molar-refractivity contribution >= 4 is 39.5 Å². The van der Waals surface area contributed by atoms with Gasteiger partial charge in [0.2, 0.25) is 0 Å². The van der Waals surface area contributed by atoms with Crippen LogP contribution >= 0.6 is 15.6 Å². The third-order valence-corrected chi connectivity index (χ3v) is 19.7. The van der Waals surface area contributed by atoms with Gasteiger partial charge in [-0.1, -0.05) is 349 Å². The average molecular weight is 1400 g/mol. The molecule has 0 radical (unpaired) electrons. The van der Waals surface area contributed by atoms with Crippen LogP contribution in [0.1, 0.15) is 401 Å². The molecule has 0 saturated carbocycles. The summed E-state index contributed by atoms with van der Waals surface area (Å²) in [5, 5.41) is 10.6. The lowest BCUT2D eigenvalue weighted by Gasteiger charge is -2.21. The SMILES string of the molecule is CCCCCCCCCCCCCCCCCCCCCCCC(=O)O[C@H](COC(=O)CCCCCCCCCCCCCCCCCC)COP(=O)(O)OC[C@@H](O)COP(=O)(O)OC[C@@H](COC(=O)CCCCCCCCC)OC(=O)CCCCCCCCCCC(C)C. The molecule has 0 aliphatic heterocycles. The molecule has 95 heavy (non-hydrogen) atoms. The zero-order valence-corrected chi connectivity index (χ0v) is 63.6. The van der Waals surface area contributed by atoms with Crippen LogP contribution in [0, 0.1) is 5.92 Å². The molecule has 19 heteroatoms. The Bertz CT molecular complexity index is 1820. The molecule has 0 fully saturated rings. The maximum Gasteiger partial charge on any atom is 0.472 e. The number of aliphatic hydroxyl groups excluding tert-OH is 1. The zero-order chi connectivity index (χ0) is 69.8. The molecule has 17 nitrogen and oxygen atoms in total. The van der Waals surface area contributed by atoms with E-state index < -0.39 is 97.5 Å². The summed E-state index contributed by atoms with van der Waals surface area (Å²) in [4.78, 5) is 72.6. The molecule has 564 valence electrons. The summed E-state index contributed by atoms with van der Waals surface area (Å²) >= 11 is 0. The number of ether oxygens (including phenoxy) is 4. The predicted molar refractivity (Wildman–Crippen MR) is 386 cm³/mol. The van der Waals surface area contributed by atoms with Gasteiger partial charge in [-0.15, -0.1) is 0 Å². The fraction of sp³-hybridized carbons (Fsp3) is 0.947. The molecule has 0 aromatic heterocycles. The van der Waals surface area contributed by atoms with Gasteiger partial charge in [-0.3, -0.25) is 37.3 Å². The molecule has 2 unspecified atom stereocenters. The summed E-state index contributed by atoms with van der Waals surface area (Å²) < 4.78 is 68.4. The van der Waals surface area contributed by atoms with Gasteiger partial charge in [0.15, 0.2) is 12.2 Å². The number of carbonyl (C=O) groups is 4. The third kappa shape index (κ3) is 70.3. The van der Waals surface area contributed by atoms with Crippen LogP contribution in [0.5, 0.6) is 0 Å². The topological polar surface area (TPSA) is 237 Å². The first-order valence-electron chi connectivity index (χ1n) is 39.6. The summed E-state index contributed by atoms with van der Waals surface area (Å²) in [7, 11) is -9.90. The Balaban J connectivity index is 5.16. The Hall–Kier alpha value is -1.94. The molecule has 0 aliphatic carbocycles. The standard InChI is InChI=1S/C76H148O17P2/c1-6-9-12-15-18-20-22-24-26-28-29-30-31-32-34-36-38-40-46-51-56-61-75(80)92-72(66-87-74(79)60-55-50-45-39-37-35-33-27-25-23-21-19-16-13-10-7-2)68-91-95(84,85)89-64-70(77)63-88-94(82,83)90-67-71(65-86-73(78)59-54-49-43-17-14-11-8-3)93-76(81)62-57-52-47-42-41-44-48-53-58-69(4)5/h69-72,77H,6-68H2,1-5H3,(H,82,83)(H,84,85)/t70-,71+,72+/m0/s1. The van der Waals surface area contributed by atoms with Gasteiger partial charge >= 0.3 is 39.5 Å². The number of phosphoric acid groups is 2. The Morgan fingerprint density at radius 3 is 0.716 bits per heavy atom. The Labute approximate surface area is 581 Å². The highest BCUT2D eigenvalue weighted by Gasteiger charge is 2.30. The first-order chi connectivity index (χ1) is 46.0. The second-order valence-electron chi connectivity index (χ2n) is 27.9. The molecule has 0 saturated heterocycles. The number of phosphoric ester groups is 2. The average Bonchev–Trinajstić information content (AvgIpc) is 1.60. The van der Waals surface area contributed by atoms with E-state index in [0.717, 1.165) is 109 Å². The normalized spacial score (nSPS) is 13.9. The van der Waals surface area contributed by atoms with Crippen LogP contribution in [-0.4, -0.2) is 96.7 Å². The molecule has 0 rings (SSSR count). The van der Waals surface area contributed by atoms with E-state index in [0.29, 0.717) is 25.7 Å². The molecule has 0 bridgehead atoms. The molecule has 0 aromatic rings. The molecule has 5 atom stereocenters. The summed E-state index contributed by atoms with van der Waals surface area (Å²) in [5.41, 5.74) is 0. The van der Waals surface area contributed by atoms with Crippen molar-refractivity contribution in [3.05, 3.63) is 0 Å². The molecule has 3 N–H and O–H groups in total. The Kier molecular flexibility index (Phi) is 67.7. The number of aliphatic hydroxyl groups is 1. The summed E-state index contributed by atoms with van der Waals surface area (Å²) in [5.74, 6) is -1.40. The summed E-state index contributed by atoms with van der Waals surface area (Å²) in [6, 6.07) is 0. The predicted octanol–water partition coefficient (Wildman–Crippen LogP) is 22.5. The van der Waals surface area contributed by atoms with Gasteiger partial charge in [-0.05, 0) is 31.6 Å². The lowest BCUT2D eigenvalue weighted by atomic mass is 10.0.